The number of halogens is 2. The van der Waals surface area contributed by atoms with Crippen molar-refractivity contribution >= 4 is 64.4 Å². The van der Waals surface area contributed by atoms with Gasteiger partial charge in [-0.3, -0.25) is 19.7 Å². The molecule has 1 aliphatic rings. The maximum absolute atomic E-state index is 13.1. The van der Waals surface area contributed by atoms with Crippen LogP contribution in [0.3, 0.4) is 0 Å². The number of amides is 5. The number of urea groups is 1. The number of nitrogens with one attached hydrogen (secondary N) is 2. The Labute approximate surface area is 234 Å². The van der Waals surface area contributed by atoms with Gasteiger partial charge in [0.25, 0.3) is 17.7 Å². The lowest BCUT2D eigenvalue weighted by Crippen LogP contribution is -2.54. The zero-order valence-electron chi connectivity index (χ0n) is 21.1. The quantitative estimate of drug-likeness (QED) is 0.295. The van der Waals surface area contributed by atoms with Crippen LogP contribution in [0, 0.1) is 13.8 Å². The maximum Gasteiger partial charge on any atom is 0.335 e. The molecule has 9 nitrogen and oxygen atoms in total. The summed E-state index contributed by atoms with van der Waals surface area (Å²) in [6.07, 6.45) is 1.27. The average Bonchev–Trinajstić information content (AvgIpc) is 2.88. The van der Waals surface area contributed by atoms with Gasteiger partial charge >= 0.3 is 6.03 Å². The largest absolute Gasteiger partial charge is 0.493 e. The van der Waals surface area contributed by atoms with Crippen molar-refractivity contribution in [3.05, 3.63) is 86.9 Å². The number of carbonyl (C=O) groups is 4. The molecule has 1 heterocycles. The van der Waals surface area contributed by atoms with Gasteiger partial charge in [-0.2, -0.15) is 0 Å². The van der Waals surface area contributed by atoms with E-state index in [0.29, 0.717) is 16.3 Å². The number of anilines is 2. The van der Waals surface area contributed by atoms with Gasteiger partial charge in [-0.1, -0.05) is 41.4 Å². The third-order valence-electron chi connectivity index (χ3n) is 5.96. The second kappa shape index (κ2) is 11.6. The van der Waals surface area contributed by atoms with E-state index in [4.69, 9.17) is 32.7 Å². The molecule has 0 aliphatic carbocycles. The average molecular weight is 568 g/mol. The van der Waals surface area contributed by atoms with Crippen molar-refractivity contribution in [2.24, 2.45) is 0 Å². The zero-order chi connectivity index (χ0) is 28.3. The summed E-state index contributed by atoms with van der Waals surface area (Å²) < 4.78 is 11.0. The standard InChI is InChI=1S/C28H23Cl2N3O6/c1-15-6-4-9-22(16(15)2)31-24(34)14-39-25-21(30)11-17(12-23(25)38-3)10-20-26(35)32-28(37)33(27(20)36)19-8-5-7-18(29)13-19/h4-13H,14H2,1-3H3,(H,31,34)(H,32,35,37)/b20-10+. The van der Waals surface area contributed by atoms with Crippen LogP contribution in [-0.4, -0.2) is 37.5 Å². The van der Waals surface area contributed by atoms with E-state index in [1.54, 1.807) is 18.2 Å². The highest BCUT2D eigenvalue weighted by atomic mass is 35.5. The molecule has 3 aromatic rings. The second-order valence-electron chi connectivity index (χ2n) is 8.56. The number of benzene rings is 3. The summed E-state index contributed by atoms with van der Waals surface area (Å²) in [6, 6.07) is 13.7. The molecule has 1 saturated heterocycles. The second-order valence-corrected chi connectivity index (χ2v) is 9.40. The Morgan fingerprint density at radius 3 is 2.51 bits per heavy atom. The molecule has 2 N–H and O–H groups in total. The van der Waals surface area contributed by atoms with Crippen LogP contribution in [0.1, 0.15) is 16.7 Å². The van der Waals surface area contributed by atoms with Gasteiger partial charge in [-0.15, -0.1) is 0 Å². The van der Waals surface area contributed by atoms with Crippen LogP contribution >= 0.6 is 23.2 Å². The van der Waals surface area contributed by atoms with Crippen molar-refractivity contribution in [1.29, 1.82) is 0 Å². The minimum absolute atomic E-state index is 0.0761. The highest BCUT2D eigenvalue weighted by Crippen LogP contribution is 2.37. The Morgan fingerprint density at radius 2 is 1.79 bits per heavy atom. The molecule has 0 unspecified atom stereocenters. The van der Waals surface area contributed by atoms with E-state index in [2.05, 4.69) is 10.6 Å². The molecule has 1 fully saturated rings. The molecule has 39 heavy (non-hydrogen) atoms. The molecule has 11 heteroatoms. The highest BCUT2D eigenvalue weighted by Gasteiger charge is 2.37. The molecule has 0 bridgehead atoms. The first-order valence-corrected chi connectivity index (χ1v) is 12.4. The van der Waals surface area contributed by atoms with Crippen molar-refractivity contribution in [2.45, 2.75) is 13.8 Å². The summed E-state index contributed by atoms with van der Waals surface area (Å²) in [5.74, 6) is -1.84. The molecule has 200 valence electrons. The summed E-state index contributed by atoms with van der Waals surface area (Å²) >= 11 is 12.4. The molecular weight excluding hydrogens is 545 g/mol. The number of aryl methyl sites for hydroxylation is 1. The molecule has 0 spiro atoms. The normalized spacial score (nSPS) is 14.3. The van der Waals surface area contributed by atoms with Gasteiger partial charge in [0.1, 0.15) is 5.57 Å². The van der Waals surface area contributed by atoms with Crippen LogP contribution in [0.25, 0.3) is 6.08 Å². The molecule has 0 saturated carbocycles. The minimum Gasteiger partial charge on any atom is -0.493 e. The number of hydrogen-bond acceptors (Lipinski definition) is 6. The van der Waals surface area contributed by atoms with Gasteiger partial charge in [0.2, 0.25) is 0 Å². The van der Waals surface area contributed by atoms with Crippen molar-refractivity contribution in [1.82, 2.24) is 5.32 Å². The fourth-order valence-electron chi connectivity index (χ4n) is 3.85. The predicted octanol–water partition coefficient (Wildman–Crippen LogP) is 5.30. The van der Waals surface area contributed by atoms with Crippen LogP contribution in [-0.2, 0) is 14.4 Å². The van der Waals surface area contributed by atoms with E-state index in [9.17, 15) is 19.2 Å². The first-order chi connectivity index (χ1) is 18.6. The summed E-state index contributed by atoms with van der Waals surface area (Å²) in [5.41, 5.74) is 2.85. The Morgan fingerprint density at radius 1 is 1.05 bits per heavy atom. The predicted molar refractivity (Wildman–Crippen MR) is 148 cm³/mol. The smallest absolute Gasteiger partial charge is 0.335 e. The lowest BCUT2D eigenvalue weighted by atomic mass is 10.1. The van der Waals surface area contributed by atoms with Gasteiger partial charge in [0.15, 0.2) is 18.1 Å². The van der Waals surface area contributed by atoms with Gasteiger partial charge in [-0.05, 0) is 73.0 Å². The first-order valence-electron chi connectivity index (χ1n) is 11.6. The topological polar surface area (TPSA) is 114 Å². The third kappa shape index (κ3) is 6.05. The number of barbiturate groups is 1. The molecule has 5 amide bonds. The van der Waals surface area contributed by atoms with Crippen molar-refractivity contribution in [3.63, 3.8) is 0 Å². The number of hydrogen-bond donors (Lipinski definition) is 2. The van der Waals surface area contributed by atoms with Crippen LogP contribution < -0.4 is 25.0 Å². The van der Waals surface area contributed by atoms with E-state index in [1.165, 1.54) is 37.5 Å². The van der Waals surface area contributed by atoms with Gasteiger partial charge in [0.05, 0.1) is 17.8 Å². The van der Waals surface area contributed by atoms with Crippen molar-refractivity contribution in [2.75, 3.05) is 23.9 Å². The van der Waals surface area contributed by atoms with Crippen molar-refractivity contribution < 1.29 is 28.7 Å². The van der Waals surface area contributed by atoms with Crippen LogP contribution in [0.5, 0.6) is 11.5 Å². The fourth-order valence-corrected chi connectivity index (χ4v) is 4.31. The number of nitrogens with zero attached hydrogens (tertiary/aromatic N) is 1. The summed E-state index contributed by atoms with van der Waals surface area (Å²) in [7, 11) is 1.38. The van der Waals surface area contributed by atoms with Crippen LogP contribution in [0.4, 0.5) is 16.2 Å². The number of ether oxygens (including phenoxy) is 2. The molecule has 0 atom stereocenters. The monoisotopic (exact) mass is 567 g/mol. The van der Waals surface area contributed by atoms with Gasteiger partial charge in [-0.25, -0.2) is 9.69 Å². The summed E-state index contributed by atoms with van der Waals surface area (Å²) in [4.78, 5) is 51.4. The maximum atomic E-state index is 13.1. The first kappa shape index (κ1) is 27.7. The molecule has 3 aromatic carbocycles. The van der Waals surface area contributed by atoms with Gasteiger partial charge < -0.3 is 14.8 Å². The molecule has 0 radical (unpaired) electrons. The number of rotatable bonds is 7. The summed E-state index contributed by atoms with van der Waals surface area (Å²) in [5, 5.41) is 5.33. The van der Waals surface area contributed by atoms with Gasteiger partial charge in [0, 0.05) is 10.7 Å². The minimum atomic E-state index is -0.900. The Bertz CT molecular complexity index is 1540. The van der Waals surface area contributed by atoms with Crippen LogP contribution in [0.15, 0.2) is 60.2 Å². The van der Waals surface area contributed by atoms with Crippen molar-refractivity contribution in [3.8, 4) is 11.5 Å². The molecular formula is C28H23Cl2N3O6. The van der Waals surface area contributed by atoms with E-state index < -0.39 is 23.8 Å². The highest BCUT2D eigenvalue weighted by molar-refractivity contribution is 6.39. The Hall–Kier alpha value is -4.34. The Kier molecular flexibility index (Phi) is 8.23. The fraction of sp³-hybridized carbons (Fsp3) is 0.143. The lowest BCUT2D eigenvalue weighted by molar-refractivity contribution is -0.122. The SMILES string of the molecule is COc1cc(/C=C2\C(=O)NC(=O)N(c3cccc(Cl)c3)C2=O)cc(Cl)c1OCC(=O)Nc1cccc(C)c1C. The van der Waals surface area contributed by atoms with E-state index in [1.807, 2.05) is 26.0 Å². The number of methoxy groups -OCH3 is 1. The van der Waals surface area contributed by atoms with E-state index in [-0.39, 0.29) is 34.4 Å². The molecule has 1 aliphatic heterocycles. The van der Waals surface area contributed by atoms with E-state index >= 15 is 0 Å². The third-order valence-corrected chi connectivity index (χ3v) is 6.47. The number of imide groups is 2. The Balaban J connectivity index is 1.56. The van der Waals surface area contributed by atoms with Crippen LogP contribution in [0.2, 0.25) is 10.0 Å². The molecule has 4 rings (SSSR count). The molecule has 0 aromatic heterocycles. The zero-order valence-corrected chi connectivity index (χ0v) is 22.6. The number of carbonyl (C=O) groups excluding carboxylic acids is 4. The van der Waals surface area contributed by atoms with E-state index in [0.717, 1.165) is 16.0 Å². The summed E-state index contributed by atoms with van der Waals surface area (Å²) in [6.45, 7) is 3.50. The lowest BCUT2D eigenvalue weighted by Gasteiger charge is -2.26.